The van der Waals surface area contributed by atoms with Crippen LogP contribution >= 0.6 is 11.3 Å². The number of aryl methyl sites for hydroxylation is 1. The minimum Gasteiger partial charge on any atom is -0.481 e. The number of benzene rings is 1. The molecule has 2 aromatic rings. The molecule has 1 N–H and O–H groups in total. The lowest BCUT2D eigenvalue weighted by Crippen LogP contribution is -1.93. The molecule has 0 saturated heterocycles. The summed E-state index contributed by atoms with van der Waals surface area (Å²) < 4.78 is 1.45. The zero-order valence-corrected chi connectivity index (χ0v) is 17.7. The summed E-state index contributed by atoms with van der Waals surface area (Å²) in [6.07, 6.45) is 16.0. The van der Waals surface area contributed by atoms with Gasteiger partial charge in [-0.3, -0.25) is 4.79 Å². The van der Waals surface area contributed by atoms with Crippen molar-refractivity contribution in [2.45, 2.75) is 90.4 Å². The number of carbonyl (C=O) groups is 1. The Morgan fingerprint density at radius 2 is 1.81 bits per heavy atom. The van der Waals surface area contributed by atoms with Crippen LogP contribution in [0.2, 0.25) is 0 Å². The van der Waals surface area contributed by atoms with E-state index in [-0.39, 0.29) is 0 Å². The van der Waals surface area contributed by atoms with E-state index in [4.69, 9.17) is 5.11 Å². The summed E-state index contributed by atoms with van der Waals surface area (Å²) in [4.78, 5) is 11.6. The van der Waals surface area contributed by atoms with Crippen molar-refractivity contribution in [2.24, 2.45) is 5.92 Å². The van der Waals surface area contributed by atoms with Gasteiger partial charge in [0.05, 0.1) is 0 Å². The van der Waals surface area contributed by atoms with Gasteiger partial charge in [0.2, 0.25) is 0 Å². The second kappa shape index (κ2) is 12.9. The SMILES string of the molecule is CCCCCCCC(=O)O.c1ccc2sc(CCCC3CCCC3)cc2c1. The fraction of sp³-hybridized carbons (Fsp3) is 0.625. The first-order valence-corrected chi connectivity index (χ1v) is 11.7. The maximum absolute atomic E-state index is 10.0. The number of carboxylic acid groups (broad SMARTS) is 1. The zero-order chi connectivity index (χ0) is 19.3. The molecule has 1 aliphatic carbocycles. The third kappa shape index (κ3) is 8.92. The molecule has 1 aromatic heterocycles. The highest BCUT2D eigenvalue weighted by Gasteiger charge is 2.14. The monoisotopic (exact) mass is 388 g/mol. The Bertz CT molecular complexity index is 622. The van der Waals surface area contributed by atoms with Crippen LogP contribution in [-0.2, 0) is 11.2 Å². The molecule has 1 saturated carbocycles. The Kier molecular flexibility index (Phi) is 10.5. The Balaban J connectivity index is 0.000000227. The molecule has 0 radical (unpaired) electrons. The van der Waals surface area contributed by atoms with E-state index in [9.17, 15) is 4.79 Å². The van der Waals surface area contributed by atoms with E-state index in [1.807, 2.05) is 11.3 Å². The highest BCUT2D eigenvalue weighted by atomic mass is 32.1. The summed E-state index contributed by atoms with van der Waals surface area (Å²) in [7, 11) is 0. The van der Waals surface area contributed by atoms with Gasteiger partial charge >= 0.3 is 5.97 Å². The summed E-state index contributed by atoms with van der Waals surface area (Å²) in [5.74, 6) is 0.376. The van der Waals surface area contributed by atoms with Crippen molar-refractivity contribution in [3.63, 3.8) is 0 Å². The van der Waals surface area contributed by atoms with E-state index in [0.717, 1.165) is 18.8 Å². The van der Waals surface area contributed by atoms with Crippen LogP contribution in [0.4, 0.5) is 0 Å². The molecule has 0 aliphatic heterocycles. The van der Waals surface area contributed by atoms with Crippen LogP contribution < -0.4 is 0 Å². The average Bonchev–Trinajstić information content (AvgIpc) is 3.31. The van der Waals surface area contributed by atoms with E-state index >= 15 is 0 Å². The third-order valence-corrected chi connectivity index (χ3v) is 6.66. The summed E-state index contributed by atoms with van der Waals surface area (Å²) in [5, 5.41) is 9.69. The molecule has 27 heavy (non-hydrogen) atoms. The Morgan fingerprint density at radius 1 is 1.07 bits per heavy atom. The van der Waals surface area contributed by atoms with Gasteiger partial charge in [0.15, 0.2) is 0 Å². The number of hydrogen-bond donors (Lipinski definition) is 1. The average molecular weight is 389 g/mol. The lowest BCUT2D eigenvalue weighted by atomic mass is 10.0. The topological polar surface area (TPSA) is 37.3 Å². The number of hydrogen-bond acceptors (Lipinski definition) is 2. The van der Waals surface area contributed by atoms with E-state index in [0.29, 0.717) is 6.42 Å². The minimum atomic E-state index is -0.670. The van der Waals surface area contributed by atoms with Crippen LogP contribution in [0.5, 0.6) is 0 Å². The van der Waals surface area contributed by atoms with Gasteiger partial charge in [-0.2, -0.15) is 0 Å². The quantitative estimate of drug-likeness (QED) is 0.421. The van der Waals surface area contributed by atoms with Crippen LogP contribution in [0.25, 0.3) is 10.1 Å². The summed E-state index contributed by atoms with van der Waals surface area (Å²) in [6.45, 7) is 2.15. The van der Waals surface area contributed by atoms with E-state index in [1.165, 1.54) is 74.3 Å². The molecule has 0 amide bonds. The Morgan fingerprint density at radius 3 is 2.52 bits per heavy atom. The first kappa shape index (κ1) is 21.9. The van der Waals surface area contributed by atoms with Gasteiger partial charge in [-0.05, 0) is 42.7 Å². The van der Waals surface area contributed by atoms with Crippen molar-refractivity contribution in [3.05, 3.63) is 35.2 Å². The fourth-order valence-electron chi connectivity index (χ4n) is 3.90. The molecular weight excluding hydrogens is 352 g/mol. The van der Waals surface area contributed by atoms with Crippen molar-refractivity contribution in [1.82, 2.24) is 0 Å². The molecule has 150 valence electrons. The number of carboxylic acids is 1. The molecule has 0 bridgehead atoms. The molecule has 1 aliphatic rings. The highest BCUT2D eigenvalue weighted by Crippen LogP contribution is 2.31. The minimum absolute atomic E-state index is 0.337. The second-order valence-electron chi connectivity index (χ2n) is 7.85. The van der Waals surface area contributed by atoms with E-state index in [2.05, 4.69) is 37.3 Å². The van der Waals surface area contributed by atoms with E-state index < -0.39 is 5.97 Å². The number of aliphatic carboxylic acids is 1. The standard InChI is InChI=1S/C16H20S.C8H16O2/c1-2-7-13(6-1)8-5-10-15-12-14-9-3-4-11-16(14)17-15;1-2-3-4-5-6-7-8(9)10/h3-4,9,11-13H,1-2,5-8,10H2;2-7H2,1H3,(H,9,10). The number of thiophene rings is 1. The molecule has 1 fully saturated rings. The van der Waals surface area contributed by atoms with Gasteiger partial charge in [0, 0.05) is 16.0 Å². The molecule has 1 heterocycles. The molecule has 0 unspecified atom stereocenters. The lowest BCUT2D eigenvalue weighted by Gasteiger charge is -2.06. The molecule has 0 atom stereocenters. The van der Waals surface area contributed by atoms with Crippen molar-refractivity contribution < 1.29 is 9.90 Å². The number of rotatable bonds is 10. The maximum Gasteiger partial charge on any atom is 0.303 e. The number of fused-ring (bicyclic) bond motifs is 1. The zero-order valence-electron chi connectivity index (χ0n) is 16.9. The molecule has 0 spiro atoms. The second-order valence-corrected chi connectivity index (χ2v) is 9.02. The van der Waals surface area contributed by atoms with Crippen LogP contribution in [0.15, 0.2) is 30.3 Å². The van der Waals surface area contributed by atoms with Crippen LogP contribution in [0, 0.1) is 5.92 Å². The smallest absolute Gasteiger partial charge is 0.303 e. The largest absolute Gasteiger partial charge is 0.481 e. The third-order valence-electron chi connectivity index (χ3n) is 5.48. The molecular formula is C24H36O2S. The van der Waals surface area contributed by atoms with Crippen LogP contribution in [0.1, 0.15) is 88.9 Å². The van der Waals surface area contributed by atoms with Gasteiger partial charge in [-0.1, -0.05) is 82.9 Å². The molecule has 3 heteroatoms. The first-order chi connectivity index (χ1) is 13.2. The first-order valence-electron chi connectivity index (χ1n) is 10.9. The summed E-state index contributed by atoms with van der Waals surface area (Å²) in [6, 6.07) is 11.1. The summed E-state index contributed by atoms with van der Waals surface area (Å²) >= 11 is 1.98. The highest BCUT2D eigenvalue weighted by molar-refractivity contribution is 7.19. The van der Waals surface area contributed by atoms with Gasteiger partial charge in [-0.15, -0.1) is 11.3 Å². The lowest BCUT2D eigenvalue weighted by molar-refractivity contribution is -0.137. The van der Waals surface area contributed by atoms with Crippen molar-refractivity contribution in [1.29, 1.82) is 0 Å². The van der Waals surface area contributed by atoms with Gasteiger partial charge in [0.1, 0.15) is 0 Å². The molecule has 3 rings (SSSR count). The fourth-order valence-corrected chi connectivity index (χ4v) is 5.01. The van der Waals surface area contributed by atoms with Gasteiger partial charge in [-0.25, -0.2) is 0 Å². The normalized spacial score (nSPS) is 14.3. The van der Waals surface area contributed by atoms with Crippen molar-refractivity contribution >= 4 is 27.4 Å². The van der Waals surface area contributed by atoms with Crippen molar-refractivity contribution in [3.8, 4) is 0 Å². The summed E-state index contributed by atoms with van der Waals surface area (Å²) in [5.41, 5.74) is 0. The van der Waals surface area contributed by atoms with Crippen LogP contribution in [-0.4, -0.2) is 11.1 Å². The molecule has 2 nitrogen and oxygen atoms in total. The van der Waals surface area contributed by atoms with Crippen LogP contribution in [0.3, 0.4) is 0 Å². The predicted molar refractivity (Wildman–Crippen MR) is 118 cm³/mol. The maximum atomic E-state index is 10.0. The number of unbranched alkanes of at least 4 members (excludes halogenated alkanes) is 4. The predicted octanol–water partition coefficient (Wildman–Crippen LogP) is 7.85. The Hall–Kier alpha value is -1.35. The van der Waals surface area contributed by atoms with Gasteiger partial charge < -0.3 is 5.11 Å². The van der Waals surface area contributed by atoms with Gasteiger partial charge in [0.25, 0.3) is 0 Å². The van der Waals surface area contributed by atoms with Crippen molar-refractivity contribution in [2.75, 3.05) is 0 Å². The Labute approximate surface area is 169 Å². The van der Waals surface area contributed by atoms with E-state index in [1.54, 1.807) is 4.88 Å². The molecule has 1 aromatic carbocycles.